The van der Waals surface area contributed by atoms with E-state index in [1.54, 1.807) is 11.8 Å². The molecule has 1 aromatic carbocycles. The van der Waals surface area contributed by atoms with Crippen molar-refractivity contribution in [3.05, 3.63) is 35.4 Å². The van der Waals surface area contributed by atoms with Gasteiger partial charge in [0.25, 0.3) is 0 Å². The van der Waals surface area contributed by atoms with E-state index in [2.05, 4.69) is 28.9 Å². The number of thioether (sulfide) groups is 1. The Hall–Kier alpha value is -0.940. The van der Waals surface area contributed by atoms with E-state index in [1.165, 1.54) is 0 Å². The van der Waals surface area contributed by atoms with Gasteiger partial charge in [-0.1, -0.05) is 22.0 Å². The van der Waals surface area contributed by atoms with E-state index in [9.17, 15) is 4.79 Å². The van der Waals surface area contributed by atoms with Crippen molar-refractivity contribution in [2.45, 2.75) is 25.1 Å². The maximum atomic E-state index is 12.3. The second-order valence-corrected chi connectivity index (χ2v) is 6.82. The first-order chi connectivity index (χ1) is 10.1. The Labute approximate surface area is 138 Å². The molecule has 1 aliphatic heterocycles. The molecular weight excluding hydrogens is 350 g/mol. The summed E-state index contributed by atoms with van der Waals surface area (Å²) in [4.78, 5) is 14.0. The van der Waals surface area contributed by atoms with Gasteiger partial charge in [0.15, 0.2) is 0 Å². The standard InChI is InChI=1S/C16H20BrNO2S/c1-4-18-15(8-7-14(17)16(18)19)13-6-5-12(9-11(13)2)20-10-21-3/h5-6,8-9,14H,4,7,10H2,1-3H3. The molecule has 1 amide bonds. The average Bonchev–Trinajstić information content (AvgIpc) is 2.48. The molecule has 1 heterocycles. The van der Waals surface area contributed by atoms with E-state index in [4.69, 9.17) is 4.74 Å². The molecule has 1 unspecified atom stereocenters. The van der Waals surface area contributed by atoms with E-state index < -0.39 is 0 Å². The third-order valence-electron chi connectivity index (χ3n) is 3.48. The largest absolute Gasteiger partial charge is 0.483 e. The van der Waals surface area contributed by atoms with Gasteiger partial charge in [-0.2, -0.15) is 0 Å². The smallest absolute Gasteiger partial charge is 0.241 e. The molecule has 0 aliphatic carbocycles. The normalized spacial score (nSPS) is 18.7. The summed E-state index contributed by atoms with van der Waals surface area (Å²) in [6.07, 6.45) is 4.87. The highest BCUT2D eigenvalue weighted by molar-refractivity contribution is 9.10. The first-order valence-corrected chi connectivity index (χ1v) is 9.27. The van der Waals surface area contributed by atoms with Crippen LogP contribution in [-0.2, 0) is 4.79 Å². The lowest BCUT2D eigenvalue weighted by Gasteiger charge is -2.31. The lowest BCUT2D eigenvalue weighted by Crippen LogP contribution is -2.38. The summed E-state index contributed by atoms with van der Waals surface area (Å²) in [6.45, 7) is 4.74. The van der Waals surface area contributed by atoms with Gasteiger partial charge in [0, 0.05) is 17.8 Å². The quantitative estimate of drug-likeness (QED) is 0.579. The van der Waals surface area contributed by atoms with Crippen molar-refractivity contribution in [2.24, 2.45) is 0 Å². The number of aryl methyl sites for hydroxylation is 1. The summed E-state index contributed by atoms with van der Waals surface area (Å²) in [6, 6.07) is 6.05. The Bertz CT molecular complexity index is 559. The van der Waals surface area contributed by atoms with Crippen molar-refractivity contribution in [2.75, 3.05) is 18.7 Å². The van der Waals surface area contributed by atoms with Gasteiger partial charge in [-0.3, -0.25) is 4.79 Å². The highest BCUT2D eigenvalue weighted by Gasteiger charge is 2.28. The van der Waals surface area contributed by atoms with E-state index in [0.29, 0.717) is 12.5 Å². The van der Waals surface area contributed by atoms with Crippen molar-refractivity contribution < 1.29 is 9.53 Å². The summed E-state index contributed by atoms with van der Waals surface area (Å²) in [5, 5.41) is 0. The van der Waals surface area contributed by atoms with Gasteiger partial charge in [0.05, 0.1) is 4.83 Å². The maximum Gasteiger partial charge on any atom is 0.241 e. The number of halogens is 1. The first kappa shape index (κ1) is 16.4. The molecule has 0 bridgehead atoms. The molecule has 5 heteroatoms. The van der Waals surface area contributed by atoms with Crippen LogP contribution in [0, 0.1) is 6.92 Å². The zero-order valence-electron chi connectivity index (χ0n) is 12.6. The van der Waals surface area contributed by atoms with Crippen LogP contribution in [0.15, 0.2) is 24.3 Å². The van der Waals surface area contributed by atoms with Crippen LogP contribution >= 0.6 is 27.7 Å². The highest BCUT2D eigenvalue weighted by atomic mass is 79.9. The van der Waals surface area contributed by atoms with Gasteiger partial charge in [-0.15, -0.1) is 11.8 Å². The minimum atomic E-state index is -0.106. The molecule has 2 rings (SSSR count). The fraction of sp³-hybridized carbons (Fsp3) is 0.438. The van der Waals surface area contributed by atoms with Crippen LogP contribution in [0.2, 0.25) is 0 Å². The van der Waals surface area contributed by atoms with Crippen molar-refractivity contribution in [1.29, 1.82) is 0 Å². The van der Waals surface area contributed by atoms with E-state index >= 15 is 0 Å². The Kier molecular flexibility index (Phi) is 5.76. The molecule has 114 valence electrons. The second-order valence-electron chi connectivity index (χ2n) is 4.90. The van der Waals surface area contributed by atoms with Gasteiger partial charge in [0.2, 0.25) is 5.91 Å². The topological polar surface area (TPSA) is 29.5 Å². The molecule has 1 atom stereocenters. The summed E-state index contributed by atoms with van der Waals surface area (Å²) in [7, 11) is 0. The van der Waals surface area contributed by atoms with Crippen LogP contribution in [-0.4, -0.2) is 34.4 Å². The second kappa shape index (κ2) is 7.36. The molecule has 0 saturated heterocycles. The minimum absolute atomic E-state index is 0.106. The Morgan fingerprint density at radius 3 is 2.86 bits per heavy atom. The molecular formula is C16H20BrNO2S. The monoisotopic (exact) mass is 369 g/mol. The number of rotatable bonds is 5. The molecule has 0 saturated carbocycles. The van der Waals surface area contributed by atoms with Crippen molar-refractivity contribution in [3.63, 3.8) is 0 Å². The van der Waals surface area contributed by atoms with Crippen LogP contribution < -0.4 is 4.74 Å². The van der Waals surface area contributed by atoms with Crippen molar-refractivity contribution in [3.8, 4) is 5.75 Å². The highest BCUT2D eigenvalue weighted by Crippen LogP contribution is 2.31. The molecule has 3 nitrogen and oxygen atoms in total. The first-order valence-electron chi connectivity index (χ1n) is 6.96. The minimum Gasteiger partial charge on any atom is -0.483 e. The van der Waals surface area contributed by atoms with E-state index in [0.717, 1.165) is 29.0 Å². The van der Waals surface area contributed by atoms with Gasteiger partial charge in [0.1, 0.15) is 11.7 Å². The van der Waals surface area contributed by atoms with E-state index in [-0.39, 0.29) is 10.7 Å². The van der Waals surface area contributed by atoms with Gasteiger partial charge >= 0.3 is 0 Å². The third kappa shape index (κ3) is 3.64. The SMILES string of the molecule is CCN1C(=O)C(Br)CC=C1c1ccc(OCSC)cc1C. The zero-order valence-corrected chi connectivity index (χ0v) is 15.0. The van der Waals surface area contributed by atoms with Gasteiger partial charge < -0.3 is 9.64 Å². The number of nitrogens with zero attached hydrogens (tertiary/aromatic N) is 1. The van der Waals surface area contributed by atoms with Gasteiger partial charge in [-0.05, 0) is 50.3 Å². The summed E-state index contributed by atoms with van der Waals surface area (Å²) >= 11 is 5.08. The van der Waals surface area contributed by atoms with Crippen molar-refractivity contribution in [1.82, 2.24) is 4.90 Å². The Balaban J connectivity index is 2.30. The number of allylic oxidation sites excluding steroid dienone is 1. The Morgan fingerprint density at radius 1 is 1.48 bits per heavy atom. The molecule has 1 aromatic rings. The van der Waals surface area contributed by atoms with Crippen LogP contribution in [0.25, 0.3) is 5.70 Å². The molecule has 0 radical (unpaired) electrons. The predicted molar refractivity (Wildman–Crippen MR) is 92.9 cm³/mol. The number of hydrogen-bond donors (Lipinski definition) is 0. The number of carbonyl (C=O) groups excluding carboxylic acids is 1. The molecule has 0 fully saturated rings. The van der Waals surface area contributed by atoms with Crippen LogP contribution in [0.1, 0.15) is 24.5 Å². The lowest BCUT2D eigenvalue weighted by atomic mass is 10.00. The van der Waals surface area contributed by atoms with Crippen LogP contribution in [0.3, 0.4) is 0 Å². The summed E-state index contributed by atoms with van der Waals surface area (Å²) in [5.41, 5.74) is 3.23. The van der Waals surface area contributed by atoms with E-state index in [1.807, 2.05) is 36.3 Å². The third-order valence-corrected chi connectivity index (χ3v) is 4.60. The molecule has 1 aliphatic rings. The fourth-order valence-electron chi connectivity index (χ4n) is 2.44. The zero-order chi connectivity index (χ0) is 15.4. The molecule has 0 spiro atoms. The van der Waals surface area contributed by atoms with Gasteiger partial charge in [-0.25, -0.2) is 0 Å². The van der Waals surface area contributed by atoms with Crippen LogP contribution in [0.4, 0.5) is 0 Å². The molecule has 21 heavy (non-hydrogen) atoms. The fourth-order valence-corrected chi connectivity index (χ4v) is 3.12. The molecule has 0 N–H and O–H groups in total. The van der Waals surface area contributed by atoms with Crippen LogP contribution in [0.5, 0.6) is 5.75 Å². The number of amides is 1. The maximum absolute atomic E-state index is 12.3. The number of hydrogen-bond acceptors (Lipinski definition) is 3. The average molecular weight is 370 g/mol. The molecule has 0 aromatic heterocycles. The predicted octanol–water partition coefficient (Wildman–Crippen LogP) is 4.05. The van der Waals surface area contributed by atoms with Crippen molar-refractivity contribution >= 4 is 39.3 Å². The Morgan fingerprint density at radius 2 is 2.24 bits per heavy atom. The number of ether oxygens (including phenoxy) is 1. The number of benzene rings is 1. The number of alkyl halides is 1. The lowest BCUT2D eigenvalue weighted by molar-refractivity contribution is -0.127. The summed E-state index contributed by atoms with van der Waals surface area (Å²) < 4.78 is 5.63. The summed E-state index contributed by atoms with van der Waals surface area (Å²) in [5.74, 6) is 1.65. The number of carbonyl (C=O) groups is 1.